The second-order valence-electron chi connectivity index (χ2n) is 6.63. The number of pyridine rings is 1. The van der Waals surface area contributed by atoms with Gasteiger partial charge in [0.05, 0.1) is 22.5 Å². The van der Waals surface area contributed by atoms with E-state index in [1.165, 1.54) is 11.3 Å². The Hall–Kier alpha value is -3.06. The number of thiazole rings is 1. The largest absolute Gasteiger partial charge is 0.298 e. The molecule has 0 spiro atoms. The minimum absolute atomic E-state index is 0.199. The van der Waals surface area contributed by atoms with Crippen LogP contribution in [0.3, 0.4) is 0 Å². The first-order valence-electron chi connectivity index (χ1n) is 8.68. The molecular weight excluding hydrogens is 358 g/mol. The number of aryl methyl sites for hydroxylation is 1. The Morgan fingerprint density at radius 1 is 1.15 bits per heavy atom. The molecule has 6 nitrogen and oxygen atoms in total. The summed E-state index contributed by atoms with van der Waals surface area (Å²) in [6.07, 6.45) is 1.86. The van der Waals surface area contributed by atoms with Crippen LogP contribution in [0, 0.1) is 0 Å². The molecule has 0 unspecified atom stereocenters. The van der Waals surface area contributed by atoms with Gasteiger partial charge in [0.1, 0.15) is 5.69 Å². The van der Waals surface area contributed by atoms with Gasteiger partial charge >= 0.3 is 0 Å². The molecule has 0 radical (unpaired) electrons. The Balaban J connectivity index is 1.75. The molecule has 0 fully saturated rings. The molecule has 3 heterocycles. The Morgan fingerprint density at radius 3 is 2.67 bits per heavy atom. The van der Waals surface area contributed by atoms with Crippen molar-refractivity contribution in [3.8, 4) is 11.4 Å². The fraction of sp³-hybridized carbons (Fsp3) is 0.200. The molecule has 0 aliphatic heterocycles. The summed E-state index contributed by atoms with van der Waals surface area (Å²) >= 11 is 1.44. The number of aromatic nitrogens is 4. The first-order chi connectivity index (χ1) is 13.0. The maximum Gasteiger partial charge on any atom is 0.258 e. The maximum atomic E-state index is 13.0. The molecule has 1 N–H and O–H groups in total. The van der Waals surface area contributed by atoms with Gasteiger partial charge in [-0.3, -0.25) is 14.8 Å². The van der Waals surface area contributed by atoms with Crippen LogP contribution in [0.15, 0.2) is 48.0 Å². The van der Waals surface area contributed by atoms with Crippen LogP contribution in [0.5, 0.6) is 0 Å². The van der Waals surface area contributed by atoms with Crippen LogP contribution in [0.1, 0.15) is 35.8 Å². The number of nitrogens with zero attached hydrogens (tertiary/aromatic N) is 4. The lowest BCUT2D eigenvalue weighted by Gasteiger charge is -2.08. The molecule has 4 rings (SSSR count). The maximum absolute atomic E-state index is 13.0. The molecule has 3 aromatic heterocycles. The van der Waals surface area contributed by atoms with E-state index in [-0.39, 0.29) is 5.91 Å². The van der Waals surface area contributed by atoms with Crippen LogP contribution in [0.4, 0.5) is 5.13 Å². The number of nitrogens with one attached hydrogen (secondary N) is 1. The molecule has 0 bridgehead atoms. The van der Waals surface area contributed by atoms with Crippen LogP contribution < -0.4 is 5.32 Å². The van der Waals surface area contributed by atoms with E-state index in [1.54, 1.807) is 10.7 Å². The lowest BCUT2D eigenvalue weighted by molar-refractivity contribution is 0.102. The highest BCUT2D eigenvalue weighted by atomic mass is 32.1. The summed E-state index contributed by atoms with van der Waals surface area (Å²) in [6, 6.07) is 11.3. The highest BCUT2D eigenvalue weighted by Crippen LogP contribution is 2.26. The van der Waals surface area contributed by atoms with Gasteiger partial charge in [-0.2, -0.15) is 5.10 Å². The lowest BCUT2D eigenvalue weighted by Crippen LogP contribution is -2.13. The van der Waals surface area contributed by atoms with Gasteiger partial charge in [0, 0.05) is 24.0 Å². The van der Waals surface area contributed by atoms with Crippen LogP contribution in [0.2, 0.25) is 0 Å². The normalized spacial score (nSPS) is 11.3. The summed E-state index contributed by atoms with van der Waals surface area (Å²) in [5, 5.41) is 10.7. The Morgan fingerprint density at radius 2 is 1.96 bits per heavy atom. The number of benzene rings is 1. The van der Waals surface area contributed by atoms with Gasteiger partial charge in [0.15, 0.2) is 5.13 Å². The molecule has 0 atom stereocenters. The van der Waals surface area contributed by atoms with E-state index in [4.69, 9.17) is 0 Å². The SMILES string of the molecule is CC(C)c1csc(NC(=O)c2cc(-c3ccn(C)n3)nc3ccccc23)n1. The van der Waals surface area contributed by atoms with Crippen LogP contribution in [-0.2, 0) is 7.05 Å². The van der Waals surface area contributed by atoms with Crippen molar-refractivity contribution in [2.45, 2.75) is 19.8 Å². The summed E-state index contributed by atoms with van der Waals surface area (Å²) in [5.41, 5.74) is 3.69. The second kappa shape index (κ2) is 6.92. The quantitative estimate of drug-likeness (QED) is 0.570. The average Bonchev–Trinajstić information content (AvgIpc) is 3.30. The lowest BCUT2D eigenvalue weighted by atomic mass is 10.1. The number of amides is 1. The van der Waals surface area contributed by atoms with Crippen molar-refractivity contribution in [1.29, 1.82) is 0 Å². The first kappa shape index (κ1) is 17.4. The van der Waals surface area contributed by atoms with E-state index in [1.807, 2.05) is 49.0 Å². The smallest absolute Gasteiger partial charge is 0.258 e. The molecule has 0 saturated carbocycles. The zero-order chi connectivity index (χ0) is 19.0. The van der Waals surface area contributed by atoms with Crippen molar-refractivity contribution in [2.24, 2.45) is 7.05 Å². The van der Waals surface area contributed by atoms with Crippen LogP contribution in [0.25, 0.3) is 22.3 Å². The minimum Gasteiger partial charge on any atom is -0.298 e. The number of hydrogen-bond donors (Lipinski definition) is 1. The summed E-state index contributed by atoms with van der Waals surface area (Å²) in [7, 11) is 1.85. The van der Waals surface area contributed by atoms with E-state index < -0.39 is 0 Å². The first-order valence-corrected chi connectivity index (χ1v) is 9.56. The van der Waals surface area contributed by atoms with Crippen molar-refractivity contribution < 1.29 is 4.79 Å². The molecule has 136 valence electrons. The zero-order valence-electron chi connectivity index (χ0n) is 15.3. The van der Waals surface area contributed by atoms with Crippen molar-refractivity contribution in [3.63, 3.8) is 0 Å². The van der Waals surface area contributed by atoms with Crippen molar-refractivity contribution >= 4 is 33.3 Å². The predicted octanol–water partition coefficient (Wildman–Crippen LogP) is 4.47. The molecule has 0 aliphatic carbocycles. The second-order valence-corrected chi connectivity index (χ2v) is 7.49. The molecule has 0 aliphatic rings. The van der Waals surface area contributed by atoms with E-state index in [2.05, 4.69) is 34.2 Å². The van der Waals surface area contributed by atoms with E-state index in [0.29, 0.717) is 22.3 Å². The number of para-hydroxylation sites is 1. The summed E-state index contributed by atoms with van der Waals surface area (Å²) in [5.74, 6) is 0.125. The minimum atomic E-state index is -0.199. The molecule has 7 heteroatoms. The molecule has 1 amide bonds. The highest BCUT2D eigenvalue weighted by Gasteiger charge is 2.16. The summed E-state index contributed by atoms with van der Waals surface area (Å²) < 4.78 is 1.72. The van der Waals surface area contributed by atoms with Gasteiger partial charge in [0.25, 0.3) is 5.91 Å². The Bertz CT molecular complexity index is 1130. The van der Waals surface area contributed by atoms with E-state index >= 15 is 0 Å². The standard InChI is InChI=1S/C20H19N5OS/c1-12(2)18-11-27-20(22-18)23-19(26)14-10-17(16-8-9-25(3)24-16)21-15-7-5-4-6-13(14)15/h4-12H,1-3H3,(H,22,23,26). The topological polar surface area (TPSA) is 72.7 Å². The van der Waals surface area contributed by atoms with E-state index in [0.717, 1.165) is 22.3 Å². The Kier molecular flexibility index (Phi) is 4.45. The highest BCUT2D eigenvalue weighted by molar-refractivity contribution is 7.14. The summed E-state index contributed by atoms with van der Waals surface area (Å²) in [4.78, 5) is 22.2. The fourth-order valence-electron chi connectivity index (χ4n) is 2.82. The summed E-state index contributed by atoms with van der Waals surface area (Å²) in [6.45, 7) is 4.16. The molecule has 4 aromatic rings. The number of hydrogen-bond acceptors (Lipinski definition) is 5. The van der Waals surface area contributed by atoms with Crippen molar-refractivity contribution in [2.75, 3.05) is 5.32 Å². The van der Waals surface area contributed by atoms with E-state index in [9.17, 15) is 4.79 Å². The van der Waals surface area contributed by atoms with Crippen LogP contribution >= 0.6 is 11.3 Å². The molecule has 27 heavy (non-hydrogen) atoms. The van der Waals surface area contributed by atoms with Crippen molar-refractivity contribution in [3.05, 3.63) is 59.2 Å². The third-order valence-electron chi connectivity index (χ3n) is 4.27. The van der Waals surface area contributed by atoms with Gasteiger partial charge < -0.3 is 0 Å². The molecular formula is C20H19N5OS. The van der Waals surface area contributed by atoms with Gasteiger partial charge in [-0.05, 0) is 24.1 Å². The van der Waals surface area contributed by atoms with Crippen molar-refractivity contribution in [1.82, 2.24) is 19.7 Å². The number of anilines is 1. The predicted molar refractivity (Wildman–Crippen MR) is 108 cm³/mol. The molecule has 1 aromatic carbocycles. The van der Waals surface area contributed by atoms with Gasteiger partial charge in [-0.15, -0.1) is 11.3 Å². The average molecular weight is 377 g/mol. The third kappa shape index (κ3) is 3.46. The van der Waals surface area contributed by atoms with Gasteiger partial charge in [-0.25, -0.2) is 9.97 Å². The fourth-order valence-corrected chi connectivity index (χ4v) is 3.69. The number of carbonyl (C=O) groups is 1. The third-order valence-corrected chi connectivity index (χ3v) is 5.05. The number of fused-ring (bicyclic) bond motifs is 1. The Labute approximate surface area is 160 Å². The van der Waals surface area contributed by atoms with Gasteiger partial charge in [0.2, 0.25) is 0 Å². The van der Waals surface area contributed by atoms with Gasteiger partial charge in [-0.1, -0.05) is 32.0 Å². The number of rotatable bonds is 4. The van der Waals surface area contributed by atoms with Crippen LogP contribution in [-0.4, -0.2) is 25.7 Å². The zero-order valence-corrected chi connectivity index (χ0v) is 16.1. The number of carbonyl (C=O) groups excluding carboxylic acids is 1. The monoisotopic (exact) mass is 377 g/mol. The molecule has 0 saturated heterocycles.